The van der Waals surface area contributed by atoms with E-state index < -0.39 is 23.8 Å². The Kier molecular flexibility index (Phi) is 5.09. The first-order chi connectivity index (χ1) is 10.8. The van der Waals surface area contributed by atoms with E-state index in [4.69, 9.17) is 4.74 Å². The van der Waals surface area contributed by atoms with E-state index in [1.54, 1.807) is 13.8 Å². The third-order valence-corrected chi connectivity index (χ3v) is 3.91. The van der Waals surface area contributed by atoms with Gasteiger partial charge in [-0.05, 0) is 32.4 Å². The minimum atomic E-state index is -4.49. The van der Waals surface area contributed by atoms with E-state index in [-0.39, 0.29) is 36.7 Å². The molecule has 0 bridgehead atoms. The quantitative estimate of drug-likeness (QED) is 0.925. The van der Waals surface area contributed by atoms with E-state index in [9.17, 15) is 23.1 Å². The lowest BCUT2D eigenvalue weighted by molar-refractivity contribution is -0.137. The molecule has 1 aromatic heterocycles. The van der Waals surface area contributed by atoms with Crippen molar-refractivity contribution in [3.8, 4) is 0 Å². The number of allylic oxidation sites excluding steroid dienone is 1. The number of ketones is 1. The molecule has 1 aliphatic rings. The molecule has 0 aliphatic heterocycles. The highest BCUT2D eigenvalue weighted by Gasteiger charge is 2.36. The van der Waals surface area contributed by atoms with Gasteiger partial charge in [-0.2, -0.15) is 13.2 Å². The Labute approximate surface area is 132 Å². The number of hydrogen-bond acceptors (Lipinski definition) is 4. The van der Waals surface area contributed by atoms with Gasteiger partial charge in [0, 0.05) is 29.8 Å². The van der Waals surface area contributed by atoms with Crippen LogP contribution < -0.4 is 0 Å². The van der Waals surface area contributed by atoms with Crippen molar-refractivity contribution >= 4 is 5.78 Å². The van der Waals surface area contributed by atoms with Crippen molar-refractivity contribution in [3.63, 3.8) is 0 Å². The SMILES string of the molecule is CCOC1=C(C)C(=O)CCC(c2cc(C(F)(F)F)ccn2)C1O. The van der Waals surface area contributed by atoms with Crippen LogP contribution in [0.3, 0.4) is 0 Å². The number of alkyl halides is 3. The predicted octanol–water partition coefficient (Wildman–Crippen LogP) is 3.22. The lowest BCUT2D eigenvalue weighted by Crippen LogP contribution is -2.23. The summed E-state index contributed by atoms with van der Waals surface area (Å²) in [4.78, 5) is 16.0. The molecular weight excluding hydrogens is 311 g/mol. The zero-order valence-electron chi connectivity index (χ0n) is 12.9. The number of pyridine rings is 1. The zero-order chi connectivity index (χ0) is 17.2. The van der Waals surface area contributed by atoms with Crippen molar-refractivity contribution < 1.29 is 27.8 Å². The van der Waals surface area contributed by atoms with Crippen LogP contribution in [-0.2, 0) is 15.7 Å². The first kappa shape index (κ1) is 17.5. The van der Waals surface area contributed by atoms with Crippen LogP contribution in [0.15, 0.2) is 29.7 Å². The number of rotatable bonds is 3. The molecule has 1 aliphatic carbocycles. The lowest BCUT2D eigenvalue weighted by Gasteiger charge is -2.23. The van der Waals surface area contributed by atoms with Gasteiger partial charge in [0.1, 0.15) is 11.9 Å². The van der Waals surface area contributed by atoms with E-state index in [0.29, 0.717) is 5.57 Å². The summed E-state index contributed by atoms with van der Waals surface area (Å²) in [5, 5.41) is 10.5. The maximum absolute atomic E-state index is 12.9. The number of nitrogens with zero attached hydrogens (tertiary/aromatic N) is 1. The monoisotopic (exact) mass is 329 g/mol. The molecule has 1 N–H and O–H groups in total. The number of halogens is 3. The molecule has 0 spiro atoms. The Morgan fingerprint density at radius 1 is 1.43 bits per heavy atom. The average Bonchev–Trinajstić information content (AvgIpc) is 2.60. The van der Waals surface area contributed by atoms with Crippen LogP contribution in [0.25, 0.3) is 0 Å². The average molecular weight is 329 g/mol. The minimum Gasteiger partial charge on any atom is -0.495 e. The first-order valence-electron chi connectivity index (χ1n) is 7.33. The molecule has 0 saturated heterocycles. The van der Waals surface area contributed by atoms with Gasteiger partial charge in [-0.25, -0.2) is 0 Å². The summed E-state index contributed by atoms with van der Waals surface area (Å²) in [6, 6.07) is 1.80. The molecule has 0 radical (unpaired) electrons. The number of aliphatic hydroxyl groups excluding tert-OH is 1. The number of carbonyl (C=O) groups excluding carboxylic acids is 1. The van der Waals surface area contributed by atoms with E-state index in [1.165, 1.54) is 0 Å². The van der Waals surface area contributed by atoms with Gasteiger partial charge in [0.25, 0.3) is 0 Å². The zero-order valence-corrected chi connectivity index (χ0v) is 12.9. The normalized spacial score (nSPS) is 23.0. The van der Waals surface area contributed by atoms with Crippen molar-refractivity contribution in [2.45, 2.75) is 44.9 Å². The molecule has 0 aromatic carbocycles. The van der Waals surface area contributed by atoms with E-state index in [2.05, 4.69) is 4.98 Å². The van der Waals surface area contributed by atoms with Gasteiger partial charge in [-0.3, -0.25) is 9.78 Å². The van der Waals surface area contributed by atoms with Gasteiger partial charge in [-0.15, -0.1) is 0 Å². The third-order valence-electron chi connectivity index (χ3n) is 3.91. The molecule has 2 atom stereocenters. The summed E-state index contributed by atoms with van der Waals surface area (Å²) >= 11 is 0. The van der Waals surface area contributed by atoms with Gasteiger partial charge < -0.3 is 9.84 Å². The fourth-order valence-electron chi connectivity index (χ4n) is 2.66. The highest BCUT2D eigenvalue weighted by atomic mass is 19.4. The van der Waals surface area contributed by atoms with Crippen LogP contribution in [0.1, 0.15) is 43.9 Å². The molecule has 7 heteroatoms. The van der Waals surface area contributed by atoms with E-state index >= 15 is 0 Å². The molecule has 2 rings (SSSR count). The van der Waals surface area contributed by atoms with Crippen molar-refractivity contribution in [3.05, 3.63) is 40.9 Å². The number of aromatic nitrogens is 1. The Hall–Kier alpha value is -1.89. The number of hydrogen-bond donors (Lipinski definition) is 1. The smallest absolute Gasteiger partial charge is 0.416 e. The first-order valence-corrected chi connectivity index (χ1v) is 7.33. The summed E-state index contributed by atoms with van der Waals surface area (Å²) in [6.45, 7) is 3.51. The number of ether oxygens (including phenoxy) is 1. The highest BCUT2D eigenvalue weighted by molar-refractivity contribution is 5.95. The van der Waals surface area contributed by atoms with Gasteiger partial charge in [0.15, 0.2) is 5.78 Å². The van der Waals surface area contributed by atoms with Crippen LogP contribution in [0.4, 0.5) is 13.2 Å². The summed E-state index contributed by atoms with van der Waals surface area (Å²) in [7, 11) is 0. The molecule has 4 nitrogen and oxygen atoms in total. The van der Waals surface area contributed by atoms with Gasteiger partial charge in [-0.1, -0.05) is 0 Å². The van der Waals surface area contributed by atoms with Crippen molar-refractivity contribution in [1.82, 2.24) is 4.98 Å². The molecule has 23 heavy (non-hydrogen) atoms. The van der Waals surface area contributed by atoms with Crippen molar-refractivity contribution in [2.75, 3.05) is 6.61 Å². The van der Waals surface area contributed by atoms with Gasteiger partial charge in [0.05, 0.1) is 12.2 Å². The Bertz CT molecular complexity index is 625. The maximum atomic E-state index is 12.9. The Balaban J connectivity index is 2.42. The van der Waals surface area contributed by atoms with Crippen molar-refractivity contribution in [2.24, 2.45) is 0 Å². The van der Waals surface area contributed by atoms with Crippen LogP contribution in [-0.4, -0.2) is 28.6 Å². The highest BCUT2D eigenvalue weighted by Crippen LogP contribution is 2.36. The largest absolute Gasteiger partial charge is 0.495 e. The Morgan fingerprint density at radius 3 is 2.74 bits per heavy atom. The molecule has 2 unspecified atom stereocenters. The van der Waals surface area contributed by atoms with E-state index in [1.807, 2.05) is 0 Å². The number of carbonyl (C=O) groups is 1. The second-order valence-corrected chi connectivity index (χ2v) is 5.40. The molecule has 1 aromatic rings. The topological polar surface area (TPSA) is 59.4 Å². The molecule has 0 fully saturated rings. The van der Waals surface area contributed by atoms with Crippen molar-refractivity contribution in [1.29, 1.82) is 0 Å². The summed E-state index contributed by atoms with van der Waals surface area (Å²) in [5.41, 5.74) is -0.412. The standard InChI is InChI=1S/C16H18F3NO3/c1-3-23-15-9(2)13(21)5-4-11(14(15)22)12-8-10(6-7-20-12)16(17,18)19/h6-8,11,14,22H,3-5H2,1-2H3. The van der Waals surface area contributed by atoms with Crippen LogP contribution >= 0.6 is 0 Å². The molecule has 1 heterocycles. The maximum Gasteiger partial charge on any atom is 0.416 e. The fourth-order valence-corrected chi connectivity index (χ4v) is 2.66. The third kappa shape index (κ3) is 3.72. The number of aliphatic hydroxyl groups is 1. The lowest BCUT2D eigenvalue weighted by atomic mass is 9.92. The predicted molar refractivity (Wildman–Crippen MR) is 76.6 cm³/mol. The summed E-state index contributed by atoms with van der Waals surface area (Å²) in [6.07, 6.45) is -4.28. The molecule has 126 valence electrons. The van der Waals surface area contributed by atoms with Crippen LogP contribution in [0.5, 0.6) is 0 Å². The Morgan fingerprint density at radius 2 is 2.13 bits per heavy atom. The molecule has 0 amide bonds. The molecule has 0 saturated carbocycles. The molecular formula is C16H18F3NO3. The minimum absolute atomic E-state index is 0.104. The van der Waals surface area contributed by atoms with Crippen LogP contribution in [0, 0.1) is 0 Å². The summed E-state index contributed by atoms with van der Waals surface area (Å²) in [5.74, 6) is -0.776. The number of Topliss-reactive ketones (excluding diaryl/α,β-unsaturated/α-hetero) is 1. The van der Waals surface area contributed by atoms with Gasteiger partial charge in [0.2, 0.25) is 0 Å². The van der Waals surface area contributed by atoms with E-state index in [0.717, 1.165) is 18.3 Å². The summed E-state index contributed by atoms with van der Waals surface area (Å²) < 4.78 is 43.9. The van der Waals surface area contributed by atoms with Gasteiger partial charge >= 0.3 is 6.18 Å². The second-order valence-electron chi connectivity index (χ2n) is 5.40. The fraction of sp³-hybridized carbons (Fsp3) is 0.500. The second kappa shape index (κ2) is 6.70. The van der Waals surface area contributed by atoms with Crippen LogP contribution in [0.2, 0.25) is 0 Å².